The molecule has 0 fully saturated rings. The van der Waals surface area contributed by atoms with Crippen LogP contribution in [0.5, 0.6) is 0 Å². The fourth-order valence-corrected chi connectivity index (χ4v) is 2.87. The number of benzene rings is 1. The van der Waals surface area contributed by atoms with Gasteiger partial charge >= 0.3 is 5.97 Å². The highest BCUT2D eigenvalue weighted by molar-refractivity contribution is 6.03. The van der Waals surface area contributed by atoms with E-state index >= 15 is 0 Å². The monoisotopic (exact) mass is 287 g/mol. The highest BCUT2D eigenvalue weighted by Gasteiger charge is 2.38. The van der Waals surface area contributed by atoms with Gasteiger partial charge in [-0.05, 0) is 39.3 Å². The summed E-state index contributed by atoms with van der Waals surface area (Å²) in [5, 5.41) is 0. The molecular weight excluding hydrogens is 266 g/mol. The van der Waals surface area contributed by atoms with Gasteiger partial charge in [0.05, 0.1) is 11.2 Å². The molecule has 1 amide bonds. The Balaban J connectivity index is 2.46. The van der Waals surface area contributed by atoms with Gasteiger partial charge < -0.3 is 4.74 Å². The minimum absolute atomic E-state index is 0.216. The van der Waals surface area contributed by atoms with Crippen LogP contribution in [0.4, 0.5) is 5.69 Å². The first-order valence-corrected chi connectivity index (χ1v) is 7.04. The Morgan fingerprint density at radius 1 is 1.24 bits per heavy atom. The third-order valence-electron chi connectivity index (χ3n) is 3.63. The predicted molar refractivity (Wildman–Crippen MR) is 82.9 cm³/mol. The van der Waals surface area contributed by atoms with E-state index in [0.29, 0.717) is 0 Å². The van der Waals surface area contributed by atoms with Crippen LogP contribution >= 0.6 is 0 Å². The molecule has 1 aromatic carbocycles. The van der Waals surface area contributed by atoms with Gasteiger partial charge in [-0.15, -0.1) is 0 Å². The molecule has 0 N–H and O–H groups in total. The number of ether oxygens (including phenoxy) is 1. The Bertz CT molecular complexity index is 616. The van der Waals surface area contributed by atoms with Crippen molar-refractivity contribution in [3.8, 4) is 0 Å². The van der Waals surface area contributed by atoms with Gasteiger partial charge in [0.15, 0.2) is 6.10 Å². The molecule has 0 aliphatic carbocycles. The molecule has 2 rings (SSSR count). The van der Waals surface area contributed by atoms with Crippen LogP contribution in [0.2, 0.25) is 0 Å². The summed E-state index contributed by atoms with van der Waals surface area (Å²) in [7, 11) is 0. The molecule has 1 aliphatic heterocycles. The molecule has 0 spiro atoms. The largest absolute Gasteiger partial charge is 0.453 e. The van der Waals surface area contributed by atoms with E-state index in [0.717, 1.165) is 16.8 Å². The molecule has 1 aromatic rings. The number of para-hydroxylation sites is 1. The normalized spacial score (nSPS) is 17.6. The summed E-state index contributed by atoms with van der Waals surface area (Å²) in [6.45, 7) is 8.91. The zero-order valence-corrected chi connectivity index (χ0v) is 13.1. The molecule has 0 bridgehead atoms. The number of carbonyl (C=O) groups excluding carboxylic acids is 2. The third-order valence-corrected chi connectivity index (χ3v) is 3.63. The molecule has 4 heteroatoms. The summed E-state index contributed by atoms with van der Waals surface area (Å²) in [6, 6.07) is 7.77. The smallest absolute Gasteiger partial charge is 0.303 e. The number of allylic oxidation sites excluding steroid dienone is 1. The van der Waals surface area contributed by atoms with Crippen molar-refractivity contribution in [2.24, 2.45) is 0 Å². The van der Waals surface area contributed by atoms with Crippen LogP contribution in [-0.4, -0.2) is 23.5 Å². The van der Waals surface area contributed by atoms with Crippen molar-refractivity contribution in [1.82, 2.24) is 0 Å². The van der Waals surface area contributed by atoms with E-state index in [1.54, 1.807) is 11.8 Å². The summed E-state index contributed by atoms with van der Waals surface area (Å²) in [4.78, 5) is 25.5. The lowest BCUT2D eigenvalue weighted by molar-refractivity contribution is -0.152. The topological polar surface area (TPSA) is 46.6 Å². The average Bonchev–Trinajstić information content (AvgIpc) is 2.36. The molecular formula is C17H21NO3. The van der Waals surface area contributed by atoms with Gasteiger partial charge in [0.1, 0.15) is 0 Å². The molecule has 0 radical (unpaired) electrons. The molecule has 4 nitrogen and oxygen atoms in total. The van der Waals surface area contributed by atoms with Crippen molar-refractivity contribution in [2.75, 3.05) is 4.90 Å². The number of nitrogens with zero attached hydrogens (tertiary/aromatic N) is 1. The fourth-order valence-electron chi connectivity index (χ4n) is 2.87. The van der Waals surface area contributed by atoms with Crippen molar-refractivity contribution < 1.29 is 14.3 Å². The minimum Gasteiger partial charge on any atom is -0.453 e. The Morgan fingerprint density at radius 3 is 2.48 bits per heavy atom. The Hall–Kier alpha value is -2.10. The van der Waals surface area contributed by atoms with Crippen molar-refractivity contribution in [3.05, 3.63) is 35.9 Å². The lowest BCUT2D eigenvalue weighted by Crippen LogP contribution is -2.52. The van der Waals surface area contributed by atoms with E-state index in [4.69, 9.17) is 4.74 Å². The summed E-state index contributed by atoms with van der Waals surface area (Å²) >= 11 is 0. The Labute approximate surface area is 125 Å². The van der Waals surface area contributed by atoms with Crippen molar-refractivity contribution >= 4 is 23.1 Å². The quantitative estimate of drug-likeness (QED) is 0.785. The molecule has 1 unspecified atom stereocenters. The molecule has 0 saturated heterocycles. The Morgan fingerprint density at radius 2 is 1.86 bits per heavy atom. The first-order valence-electron chi connectivity index (χ1n) is 7.04. The number of amides is 1. The minimum atomic E-state index is -0.804. The number of hydrogen-bond donors (Lipinski definition) is 0. The van der Waals surface area contributed by atoms with Crippen molar-refractivity contribution in [3.63, 3.8) is 0 Å². The second kappa shape index (κ2) is 5.35. The summed E-state index contributed by atoms with van der Waals surface area (Å²) in [6.07, 6.45) is 1.26. The zero-order valence-electron chi connectivity index (χ0n) is 13.1. The maximum absolute atomic E-state index is 12.7. The van der Waals surface area contributed by atoms with E-state index in [-0.39, 0.29) is 5.91 Å². The van der Waals surface area contributed by atoms with Crippen LogP contribution in [0.3, 0.4) is 0 Å². The number of rotatable bonds is 2. The molecule has 21 heavy (non-hydrogen) atoms. The predicted octanol–water partition coefficient (Wildman–Crippen LogP) is 3.17. The van der Waals surface area contributed by atoms with E-state index in [9.17, 15) is 9.59 Å². The van der Waals surface area contributed by atoms with Gasteiger partial charge in [0.25, 0.3) is 5.91 Å². The van der Waals surface area contributed by atoms with Crippen molar-refractivity contribution in [2.45, 2.75) is 46.3 Å². The van der Waals surface area contributed by atoms with Gasteiger partial charge in [0, 0.05) is 12.5 Å². The lowest BCUT2D eigenvalue weighted by atomic mass is 9.88. The van der Waals surface area contributed by atoms with Crippen molar-refractivity contribution in [1.29, 1.82) is 0 Å². The second-order valence-corrected chi connectivity index (χ2v) is 5.92. The van der Waals surface area contributed by atoms with E-state index in [1.807, 2.05) is 45.0 Å². The molecule has 0 saturated carbocycles. The van der Waals surface area contributed by atoms with Gasteiger partial charge in [-0.25, -0.2) is 0 Å². The van der Waals surface area contributed by atoms with Crippen LogP contribution in [-0.2, 0) is 14.3 Å². The fraction of sp³-hybridized carbons (Fsp3) is 0.412. The molecule has 1 atom stereocenters. The zero-order chi connectivity index (χ0) is 15.8. The highest BCUT2D eigenvalue weighted by Crippen LogP contribution is 2.39. The second-order valence-electron chi connectivity index (χ2n) is 5.92. The first kappa shape index (κ1) is 15.3. The van der Waals surface area contributed by atoms with Crippen LogP contribution in [0.25, 0.3) is 5.57 Å². The van der Waals surface area contributed by atoms with Gasteiger partial charge in [-0.1, -0.05) is 24.3 Å². The third kappa shape index (κ3) is 2.84. The van der Waals surface area contributed by atoms with Gasteiger partial charge in [-0.3, -0.25) is 14.5 Å². The van der Waals surface area contributed by atoms with Gasteiger partial charge in [0.2, 0.25) is 0 Å². The Kier molecular flexibility index (Phi) is 3.90. The SMILES string of the molecule is CC(=O)OC(C)C(=O)N1c2ccccc2C(C)=CC1(C)C. The summed E-state index contributed by atoms with van der Waals surface area (Å²) in [5.74, 6) is -0.669. The average molecular weight is 287 g/mol. The maximum Gasteiger partial charge on any atom is 0.303 e. The first-order chi connectivity index (χ1) is 9.74. The molecule has 1 heterocycles. The van der Waals surface area contributed by atoms with E-state index in [1.165, 1.54) is 6.92 Å². The standard InChI is InChI=1S/C17H21NO3/c1-11-10-17(4,5)18(15-9-7-6-8-14(11)15)16(20)12(2)21-13(3)19/h6-10,12H,1-5H3. The van der Waals surface area contributed by atoms with Crippen LogP contribution < -0.4 is 4.90 Å². The van der Waals surface area contributed by atoms with Gasteiger partial charge in [-0.2, -0.15) is 0 Å². The number of hydrogen-bond acceptors (Lipinski definition) is 3. The number of esters is 1. The number of anilines is 1. The van der Waals surface area contributed by atoms with Crippen LogP contribution in [0, 0.1) is 0 Å². The van der Waals surface area contributed by atoms with E-state index < -0.39 is 17.6 Å². The summed E-state index contributed by atoms with van der Waals surface area (Å²) < 4.78 is 5.05. The van der Waals surface area contributed by atoms with E-state index in [2.05, 4.69) is 6.08 Å². The number of fused-ring (bicyclic) bond motifs is 1. The van der Waals surface area contributed by atoms with Crippen LogP contribution in [0.15, 0.2) is 30.3 Å². The molecule has 112 valence electrons. The lowest BCUT2D eigenvalue weighted by Gasteiger charge is -2.42. The number of carbonyl (C=O) groups is 2. The highest BCUT2D eigenvalue weighted by atomic mass is 16.5. The maximum atomic E-state index is 12.7. The summed E-state index contributed by atoms with van der Waals surface area (Å²) in [5.41, 5.74) is 2.55. The van der Waals surface area contributed by atoms with Crippen LogP contribution in [0.1, 0.15) is 40.2 Å². The molecule has 1 aliphatic rings. The molecule has 0 aromatic heterocycles.